The standard InChI is InChI=1S/C22H42N4O4S/c1-17(2)21(27)16-20(22(28)18(3)4)23-31(29,30)15-14-25-10-12-26(13-11-25)19-6-8-24(5)9-7-19/h17-20,23H,6-16H2,1-5H3. The van der Waals surface area contributed by atoms with Crippen LogP contribution in [0.15, 0.2) is 0 Å². The van der Waals surface area contributed by atoms with Crippen molar-refractivity contribution in [2.45, 2.75) is 59.0 Å². The average Bonchev–Trinajstić information content (AvgIpc) is 2.72. The molecule has 9 heteroatoms. The Bertz CT molecular complexity index is 694. The van der Waals surface area contributed by atoms with Gasteiger partial charge in [-0.1, -0.05) is 27.7 Å². The molecule has 2 fully saturated rings. The van der Waals surface area contributed by atoms with Crippen LogP contribution in [0, 0.1) is 11.8 Å². The molecule has 2 heterocycles. The molecule has 180 valence electrons. The van der Waals surface area contributed by atoms with Gasteiger partial charge in [0.2, 0.25) is 10.0 Å². The summed E-state index contributed by atoms with van der Waals surface area (Å²) in [5.74, 6) is -0.955. The van der Waals surface area contributed by atoms with Gasteiger partial charge in [-0.05, 0) is 33.0 Å². The predicted molar refractivity (Wildman–Crippen MR) is 124 cm³/mol. The van der Waals surface area contributed by atoms with Crippen LogP contribution in [0.25, 0.3) is 0 Å². The minimum atomic E-state index is -3.65. The zero-order chi connectivity index (χ0) is 23.2. The lowest BCUT2D eigenvalue weighted by atomic mass is 9.95. The predicted octanol–water partition coefficient (Wildman–Crippen LogP) is 0.827. The first-order valence-electron chi connectivity index (χ1n) is 11.7. The lowest BCUT2D eigenvalue weighted by Crippen LogP contribution is -2.54. The van der Waals surface area contributed by atoms with Crippen LogP contribution in [-0.2, 0) is 19.6 Å². The zero-order valence-electron chi connectivity index (χ0n) is 20.0. The summed E-state index contributed by atoms with van der Waals surface area (Å²) >= 11 is 0. The fourth-order valence-corrected chi connectivity index (χ4v) is 5.53. The third-order valence-electron chi connectivity index (χ3n) is 6.57. The van der Waals surface area contributed by atoms with E-state index in [0.29, 0.717) is 12.6 Å². The van der Waals surface area contributed by atoms with Crippen molar-refractivity contribution in [3.63, 3.8) is 0 Å². The van der Waals surface area contributed by atoms with Crippen molar-refractivity contribution in [1.29, 1.82) is 0 Å². The highest BCUT2D eigenvalue weighted by molar-refractivity contribution is 7.89. The molecule has 1 unspecified atom stereocenters. The minimum absolute atomic E-state index is 0.0566. The third-order valence-corrected chi connectivity index (χ3v) is 7.93. The fraction of sp³-hybridized carbons (Fsp3) is 0.909. The molecule has 8 nitrogen and oxygen atoms in total. The number of rotatable bonds is 11. The Morgan fingerprint density at radius 1 is 0.935 bits per heavy atom. The first kappa shape index (κ1) is 26.4. The number of carbonyl (C=O) groups is 2. The van der Waals surface area contributed by atoms with Gasteiger partial charge in [0, 0.05) is 57.0 Å². The molecule has 0 bridgehead atoms. The summed E-state index contributed by atoms with van der Waals surface area (Å²) in [6, 6.07) is -0.328. The lowest BCUT2D eigenvalue weighted by Gasteiger charge is -2.42. The Balaban J connectivity index is 1.83. The number of Topliss-reactive ketones (excluding diaryl/α,β-unsaturated/α-hetero) is 2. The van der Waals surface area contributed by atoms with Gasteiger partial charge >= 0.3 is 0 Å². The second-order valence-electron chi connectivity index (χ2n) is 9.78. The van der Waals surface area contributed by atoms with Crippen LogP contribution in [0.2, 0.25) is 0 Å². The summed E-state index contributed by atoms with van der Waals surface area (Å²) in [5, 5.41) is 0. The summed E-state index contributed by atoms with van der Waals surface area (Å²) < 4.78 is 27.9. The number of nitrogens with one attached hydrogen (secondary N) is 1. The summed E-state index contributed by atoms with van der Waals surface area (Å²) in [5.41, 5.74) is 0. The van der Waals surface area contributed by atoms with E-state index in [4.69, 9.17) is 0 Å². The Labute approximate surface area is 188 Å². The summed E-state index contributed by atoms with van der Waals surface area (Å²) in [7, 11) is -1.49. The molecule has 0 aromatic rings. The maximum atomic E-state index is 12.7. The van der Waals surface area contributed by atoms with Gasteiger partial charge in [-0.15, -0.1) is 0 Å². The van der Waals surface area contributed by atoms with E-state index in [1.54, 1.807) is 27.7 Å². The van der Waals surface area contributed by atoms with Gasteiger partial charge in [0.15, 0.2) is 5.78 Å². The Kier molecular flexibility index (Phi) is 10.1. The SMILES string of the molecule is CC(C)C(=O)CC(NS(=O)(=O)CCN1CCN(C2CCN(C)CC2)CC1)C(=O)C(C)C. The van der Waals surface area contributed by atoms with E-state index in [1.807, 2.05) is 0 Å². The van der Waals surface area contributed by atoms with Gasteiger partial charge in [0.25, 0.3) is 0 Å². The maximum Gasteiger partial charge on any atom is 0.213 e. The summed E-state index contributed by atoms with van der Waals surface area (Å²) in [6.45, 7) is 13.4. The number of piperazine rings is 1. The molecular formula is C22H42N4O4S. The van der Waals surface area contributed by atoms with Crippen molar-refractivity contribution in [3.8, 4) is 0 Å². The zero-order valence-corrected chi connectivity index (χ0v) is 20.8. The number of ketones is 2. The molecule has 1 atom stereocenters. The highest BCUT2D eigenvalue weighted by Crippen LogP contribution is 2.17. The molecule has 0 aromatic carbocycles. The van der Waals surface area contributed by atoms with Crippen LogP contribution in [0.3, 0.4) is 0 Å². The second-order valence-corrected chi connectivity index (χ2v) is 11.7. The van der Waals surface area contributed by atoms with Gasteiger partial charge in [-0.25, -0.2) is 13.1 Å². The molecule has 0 spiro atoms. The first-order chi connectivity index (χ1) is 14.5. The molecule has 2 rings (SSSR count). The van der Waals surface area contributed by atoms with Crippen LogP contribution in [0.4, 0.5) is 0 Å². The summed E-state index contributed by atoms with van der Waals surface area (Å²) in [4.78, 5) is 31.7. The molecular weight excluding hydrogens is 416 g/mol. The van der Waals surface area contributed by atoms with Crippen molar-refractivity contribution in [2.24, 2.45) is 11.8 Å². The minimum Gasteiger partial charge on any atom is -0.306 e. The van der Waals surface area contributed by atoms with Crippen molar-refractivity contribution in [1.82, 2.24) is 19.4 Å². The van der Waals surface area contributed by atoms with Crippen molar-refractivity contribution in [2.75, 3.05) is 58.6 Å². The van der Waals surface area contributed by atoms with Gasteiger partial charge in [-0.2, -0.15) is 0 Å². The van der Waals surface area contributed by atoms with Gasteiger partial charge in [-0.3, -0.25) is 19.4 Å². The monoisotopic (exact) mass is 458 g/mol. The highest BCUT2D eigenvalue weighted by atomic mass is 32.2. The van der Waals surface area contributed by atoms with Gasteiger partial charge < -0.3 is 4.90 Å². The Morgan fingerprint density at radius 3 is 2.03 bits per heavy atom. The third kappa shape index (κ3) is 8.53. The number of piperidine rings is 1. The molecule has 0 aliphatic carbocycles. The van der Waals surface area contributed by atoms with Crippen molar-refractivity contribution < 1.29 is 18.0 Å². The van der Waals surface area contributed by atoms with Crippen molar-refractivity contribution in [3.05, 3.63) is 0 Å². The summed E-state index contributed by atoms with van der Waals surface area (Å²) in [6.07, 6.45) is 2.33. The molecule has 31 heavy (non-hydrogen) atoms. The van der Waals surface area contributed by atoms with Gasteiger partial charge in [0.1, 0.15) is 5.78 Å². The van der Waals surface area contributed by atoms with Crippen LogP contribution >= 0.6 is 0 Å². The highest BCUT2D eigenvalue weighted by Gasteiger charge is 2.30. The maximum absolute atomic E-state index is 12.7. The number of hydrogen-bond donors (Lipinski definition) is 1. The first-order valence-corrected chi connectivity index (χ1v) is 13.3. The molecule has 0 amide bonds. The molecule has 2 aliphatic heterocycles. The van der Waals surface area contributed by atoms with E-state index in [0.717, 1.165) is 39.3 Å². The Hall–Kier alpha value is -0.870. The molecule has 2 aliphatic rings. The van der Waals surface area contributed by atoms with Crippen molar-refractivity contribution >= 4 is 21.6 Å². The number of likely N-dealkylation sites (tertiary alicyclic amines) is 1. The fourth-order valence-electron chi connectivity index (χ4n) is 4.28. The van der Waals surface area contributed by atoms with E-state index in [9.17, 15) is 18.0 Å². The second kappa shape index (κ2) is 11.8. The van der Waals surface area contributed by atoms with Crippen LogP contribution in [-0.4, -0.2) is 105 Å². The van der Waals surface area contributed by atoms with E-state index in [1.165, 1.54) is 12.8 Å². The molecule has 0 aromatic heterocycles. The van der Waals surface area contributed by atoms with E-state index >= 15 is 0 Å². The normalized spacial score (nSPS) is 21.6. The largest absolute Gasteiger partial charge is 0.306 e. The van der Waals surface area contributed by atoms with Crippen LogP contribution < -0.4 is 4.72 Å². The molecule has 1 N–H and O–H groups in total. The topological polar surface area (TPSA) is 90.0 Å². The van der Waals surface area contributed by atoms with E-state index < -0.39 is 16.1 Å². The van der Waals surface area contributed by atoms with E-state index in [2.05, 4.69) is 26.5 Å². The Morgan fingerprint density at radius 2 is 1.52 bits per heavy atom. The smallest absolute Gasteiger partial charge is 0.213 e. The number of carbonyl (C=O) groups excluding carboxylic acids is 2. The molecule has 2 saturated heterocycles. The molecule has 0 radical (unpaired) electrons. The lowest BCUT2D eigenvalue weighted by molar-refractivity contribution is -0.128. The average molecular weight is 459 g/mol. The van der Waals surface area contributed by atoms with E-state index in [-0.39, 0.29) is 35.6 Å². The van der Waals surface area contributed by atoms with Crippen LogP contribution in [0.5, 0.6) is 0 Å². The van der Waals surface area contributed by atoms with Gasteiger partial charge in [0.05, 0.1) is 11.8 Å². The quantitative estimate of drug-likeness (QED) is 0.490. The van der Waals surface area contributed by atoms with Crippen LogP contribution in [0.1, 0.15) is 47.0 Å². The molecule has 0 saturated carbocycles. The number of sulfonamides is 1. The number of nitrogens with zero attached hydrogens (tertiary/aromatic N) is 3. The number of hydrogen-bond acceptors (Lipinski definition) is 7.